The van der Waals surface area contributed by atoms with Gasteiger partial charge < -0.3 is 0 Å². The second-order valence-electron chi connectivity index (χ2n) is 4.89. The molecule has 0 atom stereocenters. The lowest BCUT2D eigenvalue weighted by atomic mass is 9.83. The number of rotatable bonds is 3. The van der Waals surface area contributed by atoms with Crippen LogP contribution >= 0.6 is 0 Å². The molecule has 2 heterocycles. The van der Waals surface area contributed by atoms with Gasteiger partial charge in [-0.2, -0.15) is 5.10 Å². The highest BCUT2D eigenvalue weighted by atomic mass is 16.1. The van der Waals surface area contributed by atoms with E-state index in [2.05, 4.69) is 10.1 Å². The molecule has 0 unspecified atom stereocenters. The van der Waals surface area contributed by atoms with Crippen LogP contribution in [-0.4, -0.2) is 19.3 Å². The molecule has 0 spiro atoms. The minimum Gasteiger partial charge on any atom is -0.293 e. The van der Waals surface area contributed by atoms with Gasteiger partial charge in [0.2, 0.25) is 0 Å². The lowest BCUT2D eigenvalue weighted by Gasteiger charge is -2.24. The Morgan fingerprint density at radius 3 is 2.83 bits per heavy atom. The molecular weight excluding hydrogens is 228 g/mol. The zero-order valence-electron chi connectivity index (χ0n) is 10.4. The Hall–Kier alpha value is -1.91. The van der Waals surface area contributed by atoms with Gasteiger partial charge in [-0.1, -0.05) is 6.42 Å². The molecule has 1 fully saturated rings. The van der Waals surface area contributed by atoms with Gasteiger partial charge in [-0.3, -0.25) is 14.0 Å². The summed E-state index contributed by atoms with van der Waals surface area (Å²) in [5.74, 6) is 0.502. The van der Waals surface area contributed by atoms with Crippen molar-refractivity contribution in [2.75, 3.05) is 0 Å². The number of aromatic nitrogens is 4. The van der Waals surface area contributed by atoms with Crippen LogP contribution in [-0.2, 0) is 13.6 Å². The summed E-state index contributed by atoms with van der Waals surface area (Å²) in [6.07, 6.45) is 7.10. The van der Waals surface area contributed by atoms with Crippen LogP contribution in [0, 0.1) is 0 Å². The summed E-state index contributed by atoms with van der Waals surface area (Å²) in [6, 6.07) is 3.58. The van der Waals surface area contributed by atoms with Crippen molar-refractivity contribution in [3.63, 3.8) is 0 Å². The van der Waals surface area contributed by atoms with Crippen LogP contribution in [0.4, 0.5) is 0 Å². The van der Waals surface area contributed by atoms with Crippen LogP contribution in [0.3, 0.4) is 0 Å². The SMILES string of the molecule is Cn1ccc(Cn2cnc(C3CCC3)cc2=O)n1. The Morgan fingerprint density at radius 1 is 1.44 bits per heavy atom. The monoisotopic (exact) mass is 244 g/mol. The Kier molecular flexibility index (Phi) is 2.74. The van der Waals surface area contributed by atoms with Crippen molar-refractivity contribution in [1.82, 2.24) is 19.3 Å². The first kappa shape index (κ1) is 11.2. The maximum absolute atomic E-state index is 12.0. The van der Waals surface area contributed by atoms with E-state index in [1.807, 2.05) is 19.3 Å². The number of nitrogens with zero attached hydrogens (tertiary/aromatic N) is 4. The van der Waals surface area contributed by atoms with E-state index in [4.69, 9.17) is 0 Å². The summed E-state index contributed by atoms with van der Waals surface area (Å²) in [5, 5.41) is 4.26. The molecule has 0 bridgehead atoms. The summed E-state index contributed by atoms with van der Waals surface area (Å²) < 4.78 is 3.33. The molecule has 1 aliphatic rings. The van der Waals surface area contributed by atoms with Gasteiger partial charge in [0, 0.05) is 25.2 Å². The van der Waals surface area contributed by atoms with E-state index in [1.165, 1.54) is 6.42 Å². The van der Waals surface area contributed by atoms with E-state index in [1.54, 1.807) is 21.6 Å². The molecule has 5 heteroatoms. The van der Waals surface area contributed by atoms with Gasteiger partial charge in [0.25, 0.3) is 5.56 Å². The lowest BCUT2D eigenvalue weighted by Crippen LogP contribution is -2.23. The number of hydrogen-bond donors (Lipinski definition) is 0. The second kappa shape index (κ2) is 4.40. The third-order valence-corrected chi connectivity index (χ3v) is 3.53. The second-order valence-corrected chi connectivity index (χ2v) is 4.89. The van der Waals surface area contributed by atoms with Crippen molar-refractivity contribution >= 4 is 0 Å². The molecule has 3 rings (SSSR count). The number of aryl methyl sites for hydroxylation is 1. The topological polar surface area (TPSA) is 52.7 Å². The zero-order valence-corrected chi connectivity index (χ0v) is 10.4. The minimum atomic E-state index is 0.0116. The van der Waals surface area contributed by atoms with Crippen molar-refractivity contribution in [1.29, 1.82) is 0 Å². The van der Waals surface area contributed by atoms with Crippen LogP contribution in [0.15, 0.2) is 29.5 Å². The fourth-order valence-electron chi connectivity index (χ4n) is 2.21. The third kappa shape index (κ3) is 2.08. The normalized spacial score (nSPS) is 15.6. The van der Waals surface area contributed by atoms with E-state index >= 15 is 0 Å². The van der Waals surface area contributed by atoms with Gasteiger partial charge in [-0.15, -0.1) is 0 Å². The Bertz CT molecular complexity index is 609. The molecule has 94 valence electrons. The van der Waals surface area contributed by atoms with Gasteiger partial charge in [0.05, 0.1) is 24.3 Å². The first-order valence-electron chi connectivity index (χ1n) is 6.27. The van der Waals surface area contributed by atoms with Gasteiger partial charge in [0.15, 0.2) is 0 Å². The molecule has 5 nitrogen and oxygen atoms in total. The molecule has 0 N–H and O–H groups in total. The number of hydrogen-bond acceptors (Lipinski definition) is 3. The smallest absolute Gasteiger partial charge is 0.253 e. The summed E-state index contributed by atoms with van der Waals surface area (Å²) in [6.45, 7) is 0.484. The maximum atomic E-state index is 12.0. The van der Waals surface area contributed by atoms with Crippen molar-refractivity contribution in [3.05, 3.63) is 46.4 Å². The molecule has 0 radical (unpaired) electrons. The molecule has 2 aromatic heterocycles. The molecule has 2 aromatic rings. The summed E-state index contributed by atoms with van der Waals surface area (Å²) in [4.78, 5) is 16.4. The predicted octanol–water partition coefficient (Wildman–Crippen LogP) is 1.29. The van der Waals surface area contributed by atoms with Crippen molar-refractivity contribution < 1.29 is 0 Å². The summed E-state index contributed by atoms with van der Waals surface area (Å²) in [5.41, 5.74) is 1.83. The molecule has 0 saturated heterocycles. The van der Waals surface area contributed by atoms with Gasteiger partial charge in [-0.25, -0.2) is 4.98 Å². The van der Waals surface area contributed by atoms with E-state index in [0.29, 0.717) is 12.5 Å². The highest BCUT2D eigenvalue weighted by molar-refractivity contribution is 5.10. The molecule has 18 heavy (non-hydrogen) atoms. The van der Waals surface area contributed by atoms with Crippen LogP contribution in [0.25, 0.3) is 0 Å². The predicted molar refractivity (Wildman–Crippen MR) is 67.4 cm³/mol. The largest absolute Gasteiger partial charge is 0.293 e. The van der Waals surface area contributed by atoms with Crippen LogP contribution in [0.5, 0.6) is 0 Å². The standard InChI is InChI=1S/C13H16N4O/c1-16-6-5-11(15-16)8-17-9-14-12(7-13(17)18)10-3-2-4-10/h5-7,9-10H,2-4,8H2,1H3. The average molecular weight is 244 g/mol. The first-order valence-corrected chi connectivity index (χ1v) is 6.27. The molecular formula is C13H16N4O. The molecule has 1 aliphatic carbocycles. The highest BCUT2D eigenvalue weighted by Crippen LogP contribution is 2.34. The van der Waals surface area contributed by atoms with Crippen LogP contribution < -0.4 is 5.56 Å². The molecule has 0 amide bonds. The fourth-order valence-corrected chi connectivity index (χ4v) is 2.21. The first-order chi connectivity index (χ1) is 8.72. The zero-order chi connectivity index (χ0) is 12.5. The lowest BCUT2D eigenvalue weighted by molar-refractivity contribution is 0.408. The molecule has 1 saturated carbocycles. The quantitative estimate of drug-likeness (QED) is 0.817. The highest BCUT2D eigenvalue weighted by Gasteiger charge is 2.21. The minimum absolute atomic E-state index is 0.0116. The van der Waals surface area contributed by atoms with Crippen molar-refractivity contribution in [2.45, 2.75) is 31.7 Å². The van der Waals surface area contributed by atoms with Crippen molar-refractivity contribution in [3.8, 4) is 0 Å². The molecule has 0 aromatic carbocycles. The van der Waals surface area contributed by atoms with E-state index in [9.17, 15) is 4.79 Å². The van der Waals surface area contributed by atoms with Gasteiger partial charge >= 0.3 is 0 Å². The molecule has 0 aliphatic heterocycles. The van der Waals surface area contributed by atoms with Gasteiger partial charge in [0.1, 0.15) is 0 Å². The van der Waals surface area contributed by atoms with Crippen molar-refractivity contribution in [2.24, 2.45) is 7.05 Å². The average Bonchev–Trinajstić information content (AvgIpc) is 2.66. The summed E-state index contributed by atoms with van der Waals surface area (Å²) >= 11 is 0. The Balaban J connectivity index is 1.82. The van der Waals surface area contributed by atoms with Crippen LogP contribution in [0.2, 0.25) is 0 Å². The Labute approximate surface area is 105 Å². The van der Waals surface area contributed by atoms with E-state index < -0.39 is 0 Å². The fraction of sp³-hybridized carbons (Fsp3) is 0.462. The van der Waals surface area contributed by atoms with E-state index in [0.717, 1.165) is 24.2 Å². The van der Waals surface area contributed by atoms with Crippen LogP contribution in [0.1, 0.15) is 36.6 Å². The third-order valence-electron chi connectivity index (χ3n) is 3.53. The summed E-state index contributed by atoms with van der Waals surface area (Å²) in [7, 11) is 1.87. The van der Waals surface area contributed by atoms with E-state index in [-0.39, 0.29) is 5.56 Å². The van der Waals surface area contributed by atoms with Gasteiger partial charge in [-0.05, 0) is 18.9 Å². The Morgan fingerprint density at radius 2 is 2.28 bits per heavy atom. The maximum Gasteiger partial charge on any atom is 0.253 e.